The molecule has 1 aromatic rings. The van der Waals surface area contributed by atoms with E-state index in [0.29, 0.717) is 0 Å². The summed E-state index contributed by atoms with van der Waals surface area (Å²) in [6, 6.07) is 7.38. The Morgan fingerprint density at radius 2 is 1.79 bits per heavy atom. The van der Waals surface area contributed by atoms with Gasteiger partial charge in [-0.1, -0.05) is 25.3 Å². The predicted molar refractivity (Wildman–Crippen MR) is 121 cm³/mol. The van der Waals surface area contributed by atoms with Gasteiger partial charge in [-0.05, 0) is 83.1 Å². The molecule has 4 nitrogen and oxygen atoms in total. The molecule has 0 amide bonds. The molecule has 3 fully saturated rings. The first-order valence-electron chi connectivity index (χ1n) is 12.4. The fraction of sp³-hybridized carbons (Fsp3) is 0.800. The van der Waals surface area contributed by atoms with Gasteiger partial charge in [-0.3, -0.25) is 9.88 Å². The van der Waals surface area contributed by atoms with E-state index in [9.17, 15) is 0 Å². The van der Waals surface area contributed by atoms with Crippen LogP contribution >= 0.6 is 0 Å². The molecule has 1 saturated carbocycles. The number of likely N-dealkylation sites (tertiary alicyclic amines) is 2. The topological polar surface area (TPSA) is 22.6 Å². The first kappa shape index (κ1) is 21.3. The van der Waals surface area contributed by atoms with Crippen LogP contribution in [0.2, 0.25) is 0 Å². The van der Waals surface area contributed by atoms with Crippen molar-refractivity contribution >= 4 is 0 Å². The molecule has 1 unspecified atom stereocenters. The van der Waals surface area contributed by atoms with Crippen LogP contribution in [0.1, 0.15) is 69.2 Å². The van der Waals surface area contributed by atoms with Gasteiger partial charge in [-0.15, -0.1) is 0 Å². The van der Waals surface area contributed by atoms with E-state index in [1.807, 2.05) is 0 Å². The fourth-order valence-electron chi connectivity index (χ4n) is 5.83. The number of hydrogen-bond acceptors (Lipinski definition) is 4. The van der Waals surface area contributed by atoms with Crippen molar-refractivity contribution in [3.8, 4) is 0 Å². The molecule has 2 saturated heterocycles. The van der Waals surface area contributed by atoms with E-state index in [1.54, 1.807) is 0 Å². The van der Waals surface area contributed by atoms with Crippen molar-refractivity contribution in [1.82, 2.24) is 19.7 Å². The van der Waals surface area contributed by atoms with Crippen LogP contribution < -0.4 is 0 Å². The maximum atomic E-state index is 4.81. The number of piperidine rings is 2. The van der Waals surface area contributed by atoms with Gasteiger partial charge in [-0.2, -0.15) is 0 Å². The van der Waals surface area contributed by atoms with Crippen LogP contribution in [0.3, 0.4) is 0 Å². The molecule has 4 rings (SSSR count). The van der Waals surface area contributed by atoms with Crippen molar-refractivity contribution in [2.45, 2.75) is 77.3 Å². The van der Waals surface area contributed by atoms with Gasteiger partial charge in [0, 0.05) is 44.5 Å². The van der Waals surface area contributed by atoms with Crippen molar-refractivity contribution in [3.63, 3.8) is 0 Å². The maximum absolute atomic E-state index is 4.81. The van der Waals surface area contributed by atoms with Crippen molar-refractivity contribution in [2.75, 3.05) is 45.8 Å². The Balaban J connectivity index is 1.35. The zero-order valence-electron chi connectivity index (χ0n) is 18.7. The summed E-state index contributed by atoms with van der Waals surface area (Å²) in [5.74, 6) is 0.829. The lowest BCUT2D eigenvalue weighted by atomic mass is 9.95. The summed E-state index contributed by atoms with van der Waals surface area (Å²) < 4.78 is 0. The monoisotopic (exact) mass is 398 g/mol. The van der Waals surface area contributed by atoms with Crippen molar-refractivity contribution in [2.24, 2.45) is 5.92 Å². The highest BCUT2D eigenvalue weighted by Gasteiger charge is 2.29. The SMILES string of the molecule is Cc1cccc(CN(CCN2CCCCC2)CC2CCCN(C3CCCC3)C2)n1. The van der Waals surface area contributed by atoms with E-state index in [-0.39, 0.29) is 0 Å². The molecular formula is C25H42N4. The van der Waals surface area contributed by atoms with Crippen LogP contribution in [0.5, 0.6) is 0 Å². The first-order valence-corrected chi connectivity index (χ1v) is 12.4. The van der Waals surface area contributed by atoms with Crippen LogP contribution in [0.4, 0.5) is 0 Å². The van der Waals surface area contributed by atoms with E-state index < -0.39 is 0 Å². The number of aryl methyl sites for hydroxylation is 1. The summed E-state index contributed by atoms with van der Waals surface area (Å²) in [4.78, 5) is 13.1. The summed E-state index contributed by atoms with van der Waals surface area (Å²) in [5, 5.41) is 0. The first-order chi connectivity index (χ1) is 14.3. The van der Waals surface area contributed by atoms with E-state index in [2.05, 4.69) is 39.8 Å². The highest BCUT2D eigenvalue weighted by atomic mass is 15.2. The average molecular weight is 399 g/mol. The molecule has 0 aromatic carbocycles. The molecule has 3 heterocycles. The minimum atomic E-state index is 0.829. The minimum Gasteiger partial charge on any atom is -0.302 e. The van der Waals surface area contributed by atoms with E-state index in [1.165, 1.54) is 109 Å². The lowest BCUT2D eigenvalue weighted by Gasteiger charge is -2.39. The second-order valence-corrected chi connectivity index (χ2v) is 9.85. The molecule has 0 spiro atoms. The maximum Gasteiger partial charge on any atom is 0.0547 e. The third-order valence-electron chi connectivity index (χ3n) is 7.42. The second-order valence-electron chi connectivity index (χ2n) is 9.85. The highest BCUT2D eigenvalue weighted by Crippen LogP contribution is 2.28. The summed E-state index contributed by atoms with van der Waals surface area (Å²) in [6.45, 7) is 12.1. The standard InChI is InChI=1S/C25H42N4/c1-22-9-7-11-24(26-22)21-28(18-17-27-14-5-2-6-15-27)19-23-10-8-16-29(20-23)25-12-3-4-13-25/h7,9,11,23,25H,2-6,8,10,12-21H2,1H3. The van der Waals surface area contributed by atoms with Gasteiger partial charge in [0.1, 0.15) is 0 Å². The van der Waals surface area contributed by atoms with Gasteiger partial charge in [-0.25, -0.2) is 0 Å². The third-order valence-corrected chi connectivity index (χ3v) is 7.42. The van der Waals surface area contributed by atoms with E-state index >= 15 is 0 Å². The van der Waals surface area contributed by atoms with Gasteiger partial charge in [0.25, 0.3) is 0 Å². The zero-order valence-corrected chi connectivity index (χ0v) is 18.7. The quantitative estimate of drug-likeness (QED) is 0.650. The number of hydrogen-bond donors (Lipinski definition) is 0. The molecule has 3 aliphatic rings. The molecule has 0 bridgehead atoms. The van der Waals surface area contributed by atoms with Crippen molar-refractivity contribution in [1.29, 1.82) is 0 Å². The molecule has 4 heteroatoms. The fourth-order valence-corrected chi connectivity index (χ4v) is 5.83. The van der Waals surface area contributed by atoms with Gasteiger partial charge in [0.2, 0.25) is 0 Å². The number of nitrogens with zero attached hydrogens (tertiary/aromatic N) is 4. The Hall–Kier alpha value is -0.970. The number of pyridine rings is 1. The normalized spacial score (nSPS) is 25.1. The summed E-state index contributed by atoms with van der Waals surface area (Å²) in [7, 11) is 0. The number of aromatic nitrogens is 1. The molecule has 1 atom stereocenters. The zero-order chi connectivity index (χ0) is 19.9. The Morgan fingerprint density at radius 1 is 0.966 bits per heavy atom. The Labute approximate surface area is 178 Å². The Morgan fingerprint density at radius 3 is 2.59 bits per heavy atom. The molecule has 29 heavy (non-hydrogen) atoms. The largest absolute Gasteiger partial charge is 0.302 e. The lowest BCUT2D eigenvalue weighted by Crippen LogP contribution is -2.46. The van der Waals surface area contributed by atoms with Crippen LogP contribution in [-0.4, -0.2) is 71.5 Å². The van der Waals surface area contributed by atoms with Crippen LogP contribution in [0, 0.1) is 12.8 Å². The molecule has 0 N–H and O–H groups in total. The van der Waals surface area contributed by atoms with Crippen LogP contribution in [0.25, 0.3) is 0 Å². The molecule has 1 aliphatic carbocycles. The summed E-state index contributed by atoms with van der Waals surface area (Å²) in [6.07, 6.45) is 12.8. The lowest BCUT2D eigenvalue weighted by molar-refractivity contribution is 0.0908. The van der Waals surface area contributed by atoms with Gasteiger partial charge in [0.05, 0.1) is 5.69 Å². The van der Waals surface area contributed by atoms with Gasteiger partial charge < -0.3 is 9.80 Å². The molecule has 2 aliphatic heterocycles. The van der Waals surface area contributed by atoms with Crippen molar-refractivity contribution < 1.29 is 0 Å². The van der Waals surface area contributed by atoms with Crippen LogP contribution in [-0.2, 0) is 6.54 Å². The molecule has 0 radical (unpaired) electrons. The summed E-state index contributed by atoms with van der Waals surface area (Å²) in [5.41, 5.74) is 2.38. The Kier molecular flexibility index (Phi) is 7.98. The second kappa shape index (κ2) is 10.9. The van der Waals surface area contributed by atoms with Crippen molar-refractivity contribution in [3.05, 3.63) is 29.6 Å². The van der Waals surface area contributed by atoms with Gasteiger partial charge in [0.15, 0.2) is 0 Å². The summed E-state index contributed by atoms with van der Waals surface area (Å²) >= 11 is 0. The van der Waals surface area contributed by atoms with Gasteiger partial charge >= 0.3 is 0 Å². The smallest absolute Gasteiger partial charge is 0.0547 e. The highest BCUT2D eigenvalue weighted by molar-refractivity contribution is 5.09. The average Bonchev–Trinajstić information content (AvgIpc) is 3.28. The van der Waals surface area contributed by atoms with E-state index in [4.69, 9.17) is 4.98 Å². The number of rotatable bonds is 8. The predicted octanol–water partition coefficient (Wildman–Crippen LogP) is 4.33. The minimum absolute atomic E-state index is 0.829. The van der Waals surface area contributed by atoms with E-state index in [0.717, 1.165) is 24.2 Å². The third kappa shape index (κ3) is 6.50. The Bertz CT molecular complexity index is 607. The molecule has 1 aromatic heterocycles. The van der Waals surface area contributed by atoms with Crippen LogP contribution in [0.15, 0.2) is 18.2 Å². The molecular weight excluding hydrogens is 356 g/mol. The molecule has 162 valence electrons.